The van der Waals surface area contributed by atoms with Gasteiger partial charge < -0.3 is 20.3 Å². The van der Waals surface area contributed by atoms with Crippen LogP contribution in [0.15, 0.2) is 16.8 Å². The number of amides is 2. The molecule has 0 radical (unpaired) electrons. The van der Waals surface area contributed by atoms with E-state index < -0.39 is 11.8 Å². The van der Waals surface area contributed by atoms with E-state index in [-0.39, 0.29) is 6.04 Å². The molecule has 7 nitrogen and oxygen atoms in total. The molecule has 0 aliphatic carbocycles. The summed E-state index contributed by atoms with van der Waals surface area (Å²) in [6.45, 7) is 4.79. The van der Waals surface area contributed by atoms with Crippen LogP contribution in [-0.2, 0) is 14.3 Å². The molecule has 24 heavy (non-hydrogen) atoms. The number of ether oxygens (including phenoxy) is 1. The first-order chi connectivity index (χ1) is 11.6. The monoisotopic (exact) mass is 354 g/mol. The Kier molecular flexibility index (Phi) is 7.64. The minimum absolute atomic E-state index is 0.0568. The second-order valence-electron chi connectivity index (χ2n) is 5.96. The van der Waals surface area contributed by atoms with Gasteiger partial charge in [0.1, 0.15) is 0 Å². The summed E-state index contributed by atoms with van der Waals surface area (Å²) in [5.74, 6) is -1.16. The van der Waals surface area contributed by atoms with Crippen LogP contribution in [0.4, 0.5) is 0 Å². The minimum Gasteiger partial charge on any atom is -0.379 e. The van der Waals surface area contributed by atoms with Crippen molar-refractivity contribution in [3.8, 4) is 0 Å². The van der Waals surface area contributed by atoms with E-state index in [0.29, 0.717) is 13.1 Å². The van der Waals surface area contributed by atoms with Crippen LogP contribution in [0, 0.1) is 0 Å². The first kappa shape index (κ1) is 18.9. The average Bonchev–Trinajstić information content (AvgIpc) is 3.09. The van der Waals surface area contributed by atoms with E-state index in [0.717, 1.165) is 38.4 Å². The summed E-state index contributed by atoms with van der Waals surface area (Å²) < 4.78 is 5.27. The van der Waals surface area contributed by atoms with Gasteiger partial charge in [0.05, 0.1) is 19.3 Å². The molecule has 1 atom stereocenters. The number of nitrogens with one attached hydrogen (secondary N) is 2. The fraction of sp³-hybridized carbons (Fsp3) is 0.625. The molecule has 1 saturated heterocycles. The predicted molar refractivity (Wildman–Crippen MR) is 94.0 cm³/mol. The summed E-state index contributed by atoms with van der Waals surface area (Å²) in [6.07, 6.45) is 0. The van der Waals surface area contributed by atoms with Crippen LogP contribution in [0.2, 0.25) is 0 Å². The van der Waals surface area contributed by atoms with Crippen molar-refractivity contribution < 1.29 is 14.3 Å². The molecule has 134 valence electrons. The van der Waals surface area contributed by atoms with Crippen LogP contribution in [0.1, 0.15) is 11.6 Å². The number of carbonyl (C=O) groups excluding carboxylic acids is 2. The standard InChI is InChI=1S/C16H26N4O3S/c1-19(2)14(13-3-10-24-12-13)11-18-16(22)15(21)17-4-5-20-6-8-23-9-7-20/h3,10,12,14H,4-9,11H2,1-2H3,(H,17,21)(H,18,22)/t14-/m0/s1. The van der Waals surface area contributed by atoms with E-state index in [9.17, 15) is 9.59 Å². The highest BCUT2D eigenvalue weighted by atomic mass is 32.1. The van der Waals surface area contributed by atoms with Crippen molar-refractivity contribution in [2.45, 2.75) is 6.04 Å². The van der Waals surface area contributed by atoms with Gasteiger partial charge in [0, 0.05) is 32.7 Å². The van der Waals surface area contributed by atoms with E-state index in [2.05, 4.69) is 20.9 Å². The molecule has 1 aliphatic heterocycles. The molecule has 2 amide bonds. The maximum atomic E-state index is 11.9. The normalized spacial score (nSPS) is 16.8. The Morgan fingerprint density at radius 3 is 2.62 bits per heavy atom. The maximum absolute atomic E-state index is 11.9. The second kappa shape index (κ2) is 9.73. The molecule has 1 aliphatic rings. The van der Waals surface area contributed by atoms with Crippen molar-refractivity contribution in [2.75, 3.05) is 60.0 Å². The topological polar surface area (TPSA) is 73.9 Å². The van der Waals surface area contributed by atoms with Gasteiger partial charge in [-0.05, 0) is 36.5 Å². The van der Waals surface area contributed by atoms with Gasteiger partial charge in [-0.25, -0.2) is 0 Å². The fourth-order valence-electron chi connectivity index (χ4n) is 2.57. The lowest BCUT2D eigenvalue weighted by Gasteiger charge is -2.26. The van der Waals surface area contributed by atoms with Gasteiger partial charge >= 0.3 is 11.8 Å². The smallest absolute Gasteiger partial charge is 0.309 e. The largest absolute Gasteiger partial charge is 0.379 e. The number of likely N-dealkylation sites (N-methyl/N-ethyl adjacent to an activating group) is 1. The van der Waals surface area contributed by atoms with Crippen LogP contribution in [0.25, 0.3) is 0 Å². The summed E-state index contributed by atoms with van der Waals surface area (Å²) in [5.41, 5.74) is 1.14. The molecular weight excluding hydrogens is 328 g/mol. The molecule has 1 aromatic rings. The number of thiophene rings is 1. The SMILES string of the molecule is CN(C)[C@@H](CNC(=O)C(=O)NCCN1CCOCC1)c1ccsc1. The quantitative estimate of drug-likeness (QED) is 0.670. The van der Waals surface area contributed by atoms with Crippen molar-refractivity contribution >= 4 is 23.2 Å². The van der Waals surface area contributed by atoms with Crippen LogP contribution in [0.3, 0.4) is 0 Å². The zero-order chi connectivity index (χ0) is 17.4. The third-order valence-corrected chi connectivity index (χ3v) is 4.73. The van der Waals surface area contributed by atoms with Crippen LogP contribution in [0.5, 0.6) is 0 Å². The number of morpholine rings is 1. The van der Waals surface area contributed by atoms with Crippen molar-refractivity contribution in [2.24, 2.45) is 0 Å². The van der Waals surface area contributed by atoms with Crippen molar-refractivity contribution in [3.05, 3.63) is 22.4 Å². The average molecular weight is 354 g/mol. The Bertz CT molecular complexity index is 515. The van der Waals surface area contributed by atoms with E-state index in [4.69, 9.17) is 4.74 Å². The highest BCUT2D eigenvalue weighted by molar-refractivity contribution is 7.07. The molecule has 0 saturated carbocycles. The molecule has 1 fully saturated rings. The molecule has 0 spiro atoms. The van der Waals surface area contributed by atoms with Gasteiger partial charge in [-0.15, -0.1) is 0 Å². The Hall–Kier alpha value is -1.48. The summed E-state index contributed by atoms with van der Waals surface area (Å²) in [7, 11) is 3.91. The van der Waals surface area contributed by atoms with Gasteiger partial charge in [0.15, 0.2) is 0 Å². The Balaban J connectivity index is 1.69. The van der Waals surface area contributed by atoms with Gasteiger partial charge in [0.2, 0.25) is 0 Å². The van der Waals surface area contributed by atoms with Crippen molar-refractivity contribution in [3.63, 3.8) is 0 Å². The molecule has 0 aromatic carbocycles. The zero-order valence-corrected chi connectivity index (χ0v) is 15.1. The number of rotatable bonds is 7. The molecule has 8 heteroatoms. The molecule has 0 unspecified atom stereocenters. The maximum Gasteiger partial charge on any atom is 0.309 e. The van der Waals surface area contributed by atoms with E-state index in [1.54, 1.807) is 11.3 Å². The summed E-state index contributed by atoms with van der Waals surface area (Å²) in [6, 6.07) is 2.09. The number of nitrogens with zero attached hydrogens (tertiary/aromatic N) is 2. The van der Waals surface area contributed by atoms with E-state index in [1.807, 2.05) is 30.4 Å². The van der Waals surface area contributed by atoms with E-state index in [1.165, 1.54) is 0 Å². The highest BCUT2D eigenvalue weighted by Gasteiger charge is 2.19. The van der Waals surface area contributed by atoms with Gasteiger partial charge in [-0.2, -0.15) is 11.3 Å². The number of hydrogen-bond acceptors (Lipinski definition) is 6. The highest BCUT2D eigenvalue weighted by Crippen LogP contribution is 2.19. The van der Waals surface area contributed by atoms with Crippen molar-refractivity contribution in [1.82, 2.24) is 20.4 Å². The van der Waals surface area contributed by atoms with Crippen molar-refractivity contribution in [1.29, 1.82) is 0 Å². The minimum atomic E-state index is -0.584. The Morgan fingerprint density at radius 1 is 1.29 bits per heavy atom. The first-order valence-electron chi connectivity index (χ1n) is 8.12. The zero-order valence-electron chi connectivity index (χ0n) is 14.3. The van der Waals surface area contributed by atoms with Gasteiger partial charge in [-0.1, -0.05) is 0 Å². The summed E-state index contributed by atoms with van der Waals surface area (Å²) in [5, 5.41) is 9.45. The third-order valence-electron chi connectivity index (χ3n) is 4.03. The van der Waals surface area contributed by atoms with E-state index >= 15 is 0 Å². The van der Waals surface area contributed by atoms with Crippen LogP contribution >= 0.6 is 11.3 Å². The molecule has 2 N–H and O–H groups in total. The Morgan fingerprint density at radius 2 is 2.00 bits per heavy atom. The molecule has 2 heterocycles. The second-order valence-corrected chi connectivity index (χ2v) is 6.74. The van der Waals surface area contributed by atoms with Gasteiger partial charge in [0.25, 0.3) is 0 Å². The third kappa shape index (κ3) is 5.86. The lowest BCUT2D eigenvalue weighted by molar-refractivity contribution is -0.139. The molecular formula is C16H26N4O3S. The predicted octanol–water partition coefficient (Wildman–Crippen LogP) is -0.0846. The van der Waals surface area contributed by atoms with Gasteiger partial charge in [-0.3, -0.25) is 14.5 Å². The molecule has 2 rings (SSSR count). The lowest BCUT2D eigenvalue weighted by Crippen LogP contribution is -2.46. The fourth-order valence-corrected chi connectivity index (χ4v) is 3.27. The lowest BCUT2D eigenvalue weighted by atomic mass is 10.1. The number of hydrogen-bond donors (Lipinski definition) is 2. The molecule has 1 aromatic heterocycles. The Labute approximate surface area is 147 Å². The summed E-state index contributed by atoms with van der Waals surface area (Å²) in [4.78, 5) is 28.1. The number of carbonyl (C=O) groups is 2. The first-order valence-corrected chi connectivity index (χ1v) is 9.07. The van der Waals surface area contributed by atoms with Crippen LogP contribution in [-0.4, -0.2) is 81.6 Å². The van der Waals surface area contributed by atoms with Crippen LogP contribution < -0.4 is 10.6 Å². The molecule has 0 bridgehead atoms. The summed E-state index contributed by atoms with van der Waals surface area (Å²) >= 11 is 1.62.